The summed E-state index contributed by atoms with van der Waals surface area (Å²) in [6.45, 7) is 12.4. The molecule has 0 amide bonds. The standard InChI is InChI=1S/C16H30N6O/c1-3-6-15(21-10-8-20(4-2)9-11-21)16-17-18-19-22(16)13-14-7-5-12-23-14/h14-15H,3-13H2,1-2H3/p+2/t14-,15+/m1/s1. The first-order valence-corrected chi connectivity index (χ1v) is 9.37. The molecule has 2 aliphatic heterocycles. The van der Waals surface area contributed by atoms with Crippen LogP contribution in [0.15, 0.2) is 0 Å². The number of hydrogen-bond acceptors (Lipinski definition) is 4. The zero-order valence-electron chi connectivity index (χ0n) is 14.6. The third-order valence-electron chi connectivity index (χ3n) is 5.44. The summed E-state index contributed by atoms with van der Waals surface area (Å²) in [5.74, 6) is 1.07. The quantitative estimate of drug-likeness (QED) is 0.641. The van der Waals surface area contributed by atoms with Crippen LogP contribution in [-0.4, -0.2) is 65.6 Å². The predicted molar refractivity (Wildman–Crippen MR) is 86.4 cm³/mol. The van der Waals surface area contributed by atoms with Gasteiger partial charge in [0.05, 0.1) is 19.2 Å². The molecule has 23 heavy (non-hydrogen) atoms. The Kier molecular flexibility index (Phi) is 5.96. The highest BCUT2D eigenvalue weighted by Crippen LogP contribution is 2.17. The number of nitrogens with one attached hydrogen (secondary N) is 2. The van der Waals surface area contributed by atoms with Crippen LogP contribution in [0.1, 0.15) is 51.4 Å². The summed E-state index contributed by atoms with van der Waals surface area (Å²) < 4.78 is 7.78. The lowest BCUT2D eigenvalue weighted by Gasteiger charge is -2.33. The maximum Gasteiger partial charge on any atom is 0.209 e. The van der Waals surface area contributed by atoms with Crippen molar-refractivity contribution < 1.29 is 14.5 Å². The number of likely N-dealkylation sites (N-methyl/N-ethyl adjacent to an activating group) is 1. The highest BCUT2D eigenvalue weighted by molar-refractivity contribution is 4.88. The lowest BCUT2D eigenvalue weighted by atomic mass is 10.1. The van der Waals surface area contributed by atoms with Crippen LogP contribution in [-0.2, 0) is 11.3 Å². The number of quaternary nitrogens is 2. The summed E-state index contributed by atoms with van der Waals surface area (Å²) >= 11 is 0. The van der Waals surface area contributed by atoms with E-state index >= 15 is 0 Å². The van der Waals surface area contributed by atoms with E-state index < -0.39 is 0 Å². The second-order valence-electron chi connectivity index (χ2n) is 6.96. The van der Waals surface area contributed by atoms with Crippen molar-refractivity contribution in [2.75, 3.05) is 39.3 Å². The van der Waals surface area contributed by atoms with Gasteiger partial charge in [0.1, 0.15) is 32.2 Å². The third kappa shape index (κ3) is 4.08. The Morgan fingerprint density at radius 1 is 1.26 bits per heavy atom. The summed E-state index contributed by atoms with van der Waals surface area (Å²) in [7, 11) is 0. The minimum absolute atomic E-state index is 0.288. The molecule has 3 rings (SSSR count). The van der Waals surface area contributed by atoms with Crippen molar-refractivity contribution in [1.29, 1.82) is 0 Å². The van der Waals surface area contributed by atoms with Crippen molar-refractivity contribution in [3.63, 3.8) is 0 Å². The molecular weight excluding hydrogens is 292 g/mol. The van der Waals surface area contributed by atoms with E-state index in [2.05, 4.69) is 29.4 Å². The summed E-state index contributed by atoms with van der Waals surface area (Å²) in [5, 5.41) is 12.7. The van der Waals surface area contributed by atoms with E-state index in [-0.39, 0.29) is 6.10 Å². The fourth-order valence-corrected chi connectivity index (χ4v) is 4.00. The molecule has 1 aromatic heterocycles. The smallest absolute Gasteiger partial charge is 0.209 e. The molecule has 2 atom stereocenters. The van der Waals surface area contributed by atoms with Crippen LogP contribution in [0.4, 0.5) is 0 Å². The fourth-order valence-electron chi connectivity index (χ4n) is 4.00. The Bertz CT molecular complexity index is 465. The number of aromatic nitrogens is 4. The van der Waals surface area contributed by atoms with Crippen molar-refractivity contribution in [1.82, 2.24) is 20.2 Å². The molecule has 0 radical (unpaired) electrons. The predicted octanol–water partition coefficient (Wildman–Crippen LogP) is -1.50. The van der Waals surface area contributed by atoms with Crippen LogP contribution in [0.2, 0.25) is 0 Å². The molecule has 2 saturated heterocycles. The monoisotopic (exact) mass is 324 g/mol. The molecule has 2 fully saturated rings. The number of piperazine rings is 1. The van der Waals surface area contributed by atoms with Gasteiger partial charge in [0.25, 0.3) is 0 Å². The summed E-state index contributed by atoms with van der Waals surface area (Å²) in [5.41, 5.74) is 0. The van der Waals surface area contributed by atoms with E-state index in [0.29, 0.717) is 6.04 Å². The summed E-state index contributed by atoms with van der Waals surface area (Å²) in [6, 6.07) is 0.426. The Hall–Kier alpha value is -1.05. The molecule has 0 bridgehead atoms. The van der Waals surface area contributed by atoms with Gasteiger partial charge in [-0.3, -0.25) is 0 Å². The molecule has 7 heteroatoms. The van der Waals surface area contributed by atoms with Gasteiger partial charge in [0, 0.05) is 13.0 Å². The van der Waals surface area contributed by atoms with Gasteiger partial charge >= 0.3 is 0 Å². The number of nitrogens with zero attached hydrogens (tertiary/aromatic N) is 4. The van der Waals surface area contributed by atoms with Crippen LogP contribution >= 0.6 is 0 Å². The Labute approximate surface area is 139 Å². The first kappa shape index (κ1) is 16.8. The first-order valence-electron chi connectivity index (χ1n) is 9.37. The topological polar surface area (TPSA) is 61.7 Å². The molecule has 0 aliphatic carbocycles. The van der Waals surface area contributed by atoms with Crippen LogP contribution in [0, 0.1) is 0 Å². The van der Waals surface area contributed by atoms with E-state index in [1.54, 1.807) is 9.80 Å². The normalized spacial score (nSPS) is 29.7. The average Bonchev–Trinajstić information content (AvgIpc) is 3.25. The van der Waals surface area contributed by atoms with Crippen molar-refractivity contribution in [2.45, 2.75) is 58.2 Å². The minimum Gasteiger partial charge on any atom is -0.376 e. The molecule has 0 saturated carbocycles. The van der Waals surface area contributed by atoms with Crippen LogP contribution < -0.4 is 9.80 Å². The summed E-state index contributed by atoms with van der Waals surface area (Å²) in [6.07, 6.45) is 4.90. The number of tetrazole rings is 1. The van der Waals surface area contributed by atoms with Gasteiger partial charge in [-0.05, 0) is 30.2 Å². The van der Waals surface area contributed by atoms with Crippen LogP contribution in [0.5, 0.6) is 0 Å². The van der Waals surface area contributed by atoms with Gasteiger partial charge < -0.3 is 14.5 Å². The van der Waals surface area contributed by atoms with E-state index in [1.165, 1.54) is 39.1 Å². The fraction of sp³-hybridized carbons (Fsp3) is 0.938. The summed E-state index contributed by atoms with van der Waals surface area (Å²) in [4.78, 5) is 3.38. The van der Waals surface area contributed by atoms with Gasteiger partial charge in [-0.1, -0.05) is 13.3 Å². The second kappa shape index (κ2) is 8.17. The number of rotatable bonds is 7. The molecule has 2 N–H and O–H groups in total. The molecular formula is C16H32N6O+2. The SMILES string of the molecule is CCC[C@@H](c1nnnn1C[C@H]1CCCO1)[NH+]1CC[NH+](CC)CC1. The maximum atomic E-state index is 5.77. The maximum absolute atomic E-state index is 5.77. The van der Waals surface area contributed by atoms with E-state index in [4.69, 9.17) is 4.74 Å². The minimum atomic E-state index is 0.288. The second-order valence-corrected chi connectivity index (χ2v) is 6.96. The molecule has 0 aromatic carbocycles. The van der Waals surface area contributed by atoms with Crippen molar-refractivity contribution in [3.8, 4) is 0 Å². The molecule has 130 valence electrons. The van der Waals surface area contributed by atoms with Gasteiger partial charge in [-0.25, -0.2) is 4.68 Å². The van der Waals surface area contributed by atoms with Crippen LogP contribution in [0.25, 0.3) is 0 Å². The third-order valence-corrected chi connectivity index (χ3v) is 5.44. The zero-order chi connectivity index (χ0) is 16.1. The molecule has 0 spiro atoms. The van der Waals surface area contributed by atoms with E-state index in [1.807, 2.05) is 4.68 Å². The van der Waals surface area contributed by atoms with Crippen molar-refractivity contribution in [3.05, 3.63) is 5.82 Å². The van der Waals surface area contributed by atoms with Gasteiger partial charge in [-0.15, -0.1) is 5.10 Å². The first-order chi connectivity index (χ1) is 11.3. The molecule has 2 aliphatic rings. The van der Waals surface area contributed by atoms with Gasteiger partial charge in [0.2, 0.25) is 5.82 Å². The molecule has 1 aromatic rings. The lowest BCUT2D eigenvalue weighted by molar-refractivity contribution is -1.03. The average molecular weight is 324 g/mol. The Morgan fingerprint density at radius 2 is 2.09 bits per heavy atom. The highest BCUT2D eigenvalue weighted by atomic mass is 16.5. The number of hydrogen-bond donors (Lipinski definition) is 2. The molecule has 3 heterocycles. The van der Waals surface area contributed by atoms with Crippen molar-refractivity contribution >= 4 is 0 Å². The van der Waals surface area contributed by atoms with Gasteiger partial charge in [-0.2, -0.15) is 0 Å². The Morgan fingerprint density at radius 3 is 2.74 bits per heavy atom. The van der Waals surface area contributed by atoms with E-state index in [9.17, 15) is 0 Å². The van der Waals surface area contributed by atoms with Crippen LogP contribution in [0.3, 0.4) is 0 Å². The zero-order valence-corrected chi connectivity index (χ0v) is 14.6. The highest BCUT2D eigenvalue weighted by Gasteiger charge is 2.33. The number of ether oxygens (including phenoxy) is 1. The molecule has 0 unspecified atom stereocenters. The van der Waals surface area contributed by atoms with E-state index in [0.717, 1.165) is 38.2 Å². The molecule has 7 nitrogen and oxygen atoms in total. The Balaban J connectivity index is 1.69. The lowest BCUT2D eigenvalue weighted by Crippen LogP contribution is -3.28. The largest absolute Gasteiger partial charge is 0.376 e. The van der Waals surface area contributed by atoms with Crippen molar-refractivity contribution in [2.24, 2.45) is 0 Å². The van der Waals surface area contributed by atoms with Gasteiger partial charge in [0.15, 0.2) is 0 Å².